The van der Waals surface area contributed by atoms with Crippen LogP contribution in [0.25, 0.3) is 0 Å². The fourth-order valence-electron chi connectivity index (χ4n) is 4.83. The van der Waals surface area contributed by atoms with Gasteiger partial charge in [-0.05, 0) is 32.1 Å². The zero-order chi connectivity index (χ0) is 19.0. The van der Waals surface area contributed by atoms with Crippen LogP contribution < -0.4 is 0 Å². The fraction of sp³-hybridized carbons (Fsp3) is 0.750. The summed E-state index contributed by atoms with van der Waals surface area (Å²) in [5.74, 6) is 1.77. The van der Waals surface area contributed by atoms with Crippen LogP contribution >= 0.6 is 0 Å². The van der Waals surface area contributed by atoms with Crippen molar-refractivity contribution in [1.82, 2.24) is 0 Å². The van der Waals surface area contributed by atoms with Gasteiger partial charge in [0.15, 0.2) is 0 Å². The second-order valence-electron chi connectivity index (χ2n) is 9.42. The number of allylic oxidation sites excluding steroid dienone is 4. The Balaban J connectivity index is 0.00000364. The van der Waals surface area contributed by atoms with E-state index in [1.165, 1.54) is 63.3 Å². The molecule has 0 N–H and O–H groups in total. The van der Waals surface area contributed by atoms with Crippen LogP contribution in [0.15, 0.2) is 23.8 Å². The van der Waals surface area contributed by atoms with E-state index in [1.807, 2.05) is 6.92 Å². The quantitative estimate of drug-likeness (QED) is 0.198. The van der Waals surface area contributed by atoms with Crippen molar-refractivity contribution >= 4 is 12.5 Å². The normalized spacial score (nSPS) is 24.5. The molecule has 0 amide bonds. The third kappa shape index (κ3) is 8.29. The van der Waals surface area contributed by atoms with Crippen molar-refractivity contribution in [2.75, 3.05) is 0 Å². The van der Waals surface area contributed by atoms with E-state index in [2.05, 4.69) is 45.2 Å². The standard InChI is InChI=1S/C24H40BO.Y/c1-20(26)24(2,18-8-9-19-25(3)4)23-16-14-22(15-17-23)13-12-21-10-6-5-7-11-21;/h6,10-11,13,22-23H,5,7-9,12,14-19H2,1-4H3;/q-1;. The molecule has 1 atom stereocenters. The minimum absolute atomic E-state index is 0. The summed E-state index contributed by atoms with van der Waals surface area (Å²) < 4.78 is 0. The molecule has 2 rings (SSSR count). The van der Waals surface area contributed by atoms with Crippen LogP contribution in [-0.2, 0) is 37.5 Å². The Morgan fingerprint density at radius 1 is 1.19 bits per heavy atom. The molecule has 149 valence electrons. The van der Waals surface area contributed by atoms with Gasteiger partial charge in [0.2, 0.25) is 0 Å². The summed E-state index contributed by atoms with van der Waals surface area (Å²) in [7, 11) is 0. The number of rotatable bonds is 10. The Morgan fingerprint density at radius 2 is 1.89 bits per heavy atom. The molecule has 1 fully saturated rings. The molecule has 27 heavy (non-hydrogen) atoms. The molecular weight excluding hydrogens is 404 g/mol. The van der Waals surface area contributed by atoms with Crippen molar-refractivity contribution in [3.63, 3.8) is 0 Å². The van der Waals surface area contributed by atoms with Gasteiger partial charge in [-0.2, -0.15) is 12.3 Å². The average Bonchev–Trinajstić information content (AvgIpc) is 2.64. The summed E-state index contributed by atoms with van der Waals surface area (Å²) in [5.41, 5.74) is 1.41. The molecule has 0 aromatic heterocycles. The summed E-state index contributed by atoms with van der Waals surface area (Å²) in [6, 6.07) is 0. The number of carbonyl (C=O) groups is 1. The summed E-state index contributed by atoms with van der Waals surface area (Å²) >= 11 is 0. The van der Waals surface area contributed by atoms with E-state index < -0.39 is 0 Å². The first-order chi connectivity index (χ1) is 12.4. The second kappa shape index (κ2) is 12.8. The zero-order valence-electron chi connectivity index (χ0n) is 18.3. The van der Waals surface area contributed by atoms with Crippen LogP contribution in [0, 0.1) is 23.7 Å². The maximum atomic E-state index is 12.5. The third-order valence-corrected chi connectivity index (χ3v) is 6.96. The summed E-state index contributed by atoms with van der Waals surface area (Å²) in [4.78, 5) is 12.5. The molecule has 0 saturated heterocycles. The SMILES string of the molecule is CB(C)CCCCC(C)(C(C)=O)C1CCC([CH-]CC2=CCCC=C2)CC1.[Y]. The van der Waals surface area contributed by atoms with Crippen LogP contribution in [0.5, 0.6) is 0 Å². The van der Waals surface area contributed by atoms with Crippen LogP contribution in [-0.4, -0.2) is 12.5 Å². The van der Waals surface area contributed by atoms with Crippen molar-refractivity contribution in [3.8, 4) is 0 Å². The second-order valence-corrected chi connectivity index (χ2v) is 9.42. The van der Waals surface area contributed by atoms with Gasteiger partial charge in [-0.1, -0.05) is 89.2 Å². The number of carbonyl (C=O) groups excluding carboxylic acids is 1. The minimum atomic E-state index is -0.0867. The van der Waals surface area contributed by atoms with E-state index in [-0.39, 0.29) is 38.1 Å². The van der Waals surface area contributed by atoms with Gasteiger partial charge in [0, 0.05) is 38.1 Å². The Morgan fingerprint density at radius 3 is 2.44 bits per heavy atom. The van der Waals surface area contributed by atoms with Crippen molar-refractivity contribution in [2.24, 2.45) is 17.3 Å². The topological polar surface area (TPSA) is 17.1 Å². The van der Waals surface area contributed by atoms with E-state index in [4.69, 9.17) is 0 Å². The first-order valence-corrected chi connectivity index (χ1v) is 11.1. The van der Waals surface area contributed by atoms with E-state index >= 15 is 0 Å². The van der Waals surface area contributed by atoms with E-state index in [1.54, 1.807) is 0 Å². The predicted molar refractivity (Wildman–Crippen MR) is 116 cm³/mol. The Bertz CT molecular complexity index is 503. The largest absolute Gasteiger partial charge is 0.321 e. The van der Waals surface area contributed by atoms with Gasteiger partial charge < -0.3 is 6.42 Å². The molecule has 0 aliphatic heterocycles. The molecular formula is C24H40BOY-. The molecule has 0 spiro atoms. The summed E-state index contributed by atoms with van der Waals surface area (Å²) in [6.07, 6.45) is 23.0. The Hall–Kier alpha value is 0.319. The third-order valence-electron chi connectivity index (χ3n) is 6.96. The van der Waals surface area contributed by atoms with Crippen LogP contribution in [0.4, 0.5) is 0 Å². The van der Waals surface area contributed by atoms with Gasteiger partial charge in [-0.3, -0.25) is 4.79 Å². The van der Waals surface area contributed by atoms with E-state index in [0.717, 1.165) is 25.5 Å². The molecule has 0 aromatic carbocycles. The van der Waals surface area contributed by atoms with Crippen molar-refractivity contribution in [1.29, 1.82) is 0 Å². The molecule has 2 aliphatic rings. The molecule has 3 heteroatoms. The number of hydrogen-bond acceptors (Lipinski definition) is 1. The Labute approximate surface area is 194 Å². The zero-order valence-corrected chi connectivity index (χ0v) is 21.1. The first-order valence-electron chi connectivity index (χ1n) is 11.1. The smallest absolute Gasteiger partial charge is 0.135 e. The predicted octanol–water partition coefficient (Wildman–Crippen LogP) is 7.18. The van der Waals surface area contributed by atoms with Gasteiger partial charge in [-0.15, -0.1) is 0 Å². The molecule has 0 heterocycles. The molecule has 1 nitrogen and oxygen atoms in total. The molecule has 0 bridgehead atoms. The van der Waals surface area contributed by atoms with Crippen molar-refractivity contribution in [2.45, 2.75) is 98.0 Å². The number of hydrogen-bond donors (Lipinski definition) is 0. The number of ketones is 1. The average molecular weight is 444 g/mol. The number of unbranched alkanes of at least 4 members (excludes halogenated alkanes) is 1. The van der Waals surface area contributed by atoms with E-state index in [9.17, 15) is 4.79 Å². The van der Waals surface area contributed by atoms with Crippen molar-refractivity contribution in [3.05, 3.63) is 30.2 Å². The van der Waals surface area contributed by atoms with Gasteiger partial charge in [0.1, 0.15) is 12.5 Å². The molecule has 0 aromatic rings. The first kappa shape index (κ1) is 25.4. The molecule has 2 aliphatic carbocycles. The van der Waals surface area contributed by atoms with Crippen molar-refractivity contribution < 1.29 is 37.5 Å². The van der Waals surface area contributed by atoms with Crippen LogP contribution in [0.2, 0.25) is 20.0 Å². The van der Waals surface area contributed by atoms with Gasteiger partial charge in [0.05, 0.1) is 0 Å². The summed E-state index contributed by atoms with van der Waals surface area (Å²) in [6.45, 7) is 9.46. The maximum absolute atomic E-state index is 12.5. The van der Waals surface area contributed by atoms with Crippen LogP contribution in [0.3, 0.4) is 0 Å². The molecule has 1 unspecified atom stereocenters. The monoisotopic (exact) mass is 444 g/mol. The number of Topliss-reactive ketones (excluding diaryl/α,β-unsaturated/α-hetero) is 1. The maximum Gasteiger partial charge on any atom is 0.135 e. The van der Waals surface area contributed by atoms with Crippen LogP contribution in [0.1, 0.15) is 78.1 Å². The Kier molecular flexibility index (Phi) is 12.0. The van der Waals surface area contributed by atoms with Gasteiger partial charge in [0.25, 0.3) is 0 Å². The minimum Gasteiger partial charge on any atom is -0.321 e. The van der Waals surface area contributed by atoms with E-state index in [0.29, 0.717) is 11.7 Å². The summed E-state index contributed by atoms with van der Waals surface area (Å²) in [5, 5.41) is 0. The van der Waals surface area contributed by atoms with Gasteiger partial charge >= 0.3 is 0 Å². The fourth-order valence-corrected chi connectivity index (χ4v) is 4.83. The molecule has 1 radical (unpaired) electrons. The van der Waals surface area contributed by atoms with Gasteiger partial charge in [-0.25, -0.2) is 0 Å². The molecule has 1 saturated carbocycles.